The minimum Gasteiger partial charge on any atom is -0.299 e. The van der Waals surface area contributed by atoms with Crippen molar-refractivity contribution >= 4 is 11.6 Å². The van der Waals surface area contributed by atoms with E-state index in [1.54, 1.807) is 13.8 Å². The van der Waals surface area contributed by atoms with Crippen LogP contribution in [0.4, 0.5) is 0 Å². The van der Waals surface area contributed by atoms with Crippen LogP contribution in [0.15, 0.2) is 121 Å². The van der Waals surface area contributed by atoms with E-state index >= 15 is 0 Å². The van der Waals surface area contributed by atoms with Crippen LogP contribution in [-0.4, -0.2) is 11.6 Å². The van der Waals surface area contributed by atoms with Gasteiger partial charge in [-0.1, -0.05) is 121 Å². The molecule has 0 saturated heterocycles. The summed E-state index contributed by atoms with van der Waals surface area (Å²) in [5.41, 5.74) is 4.23. The van der Waals surface area contributed by atoms with Crippen molar-refractivity contribution in [3.63, 3.8) is 0 Å². The molecule has 2 heteroatoms. The highest BCUT2D eigenvalue weighted by Gasteiger charge is 2.18. The second-order valence-corrected chi connectivity index (χ2v) is 7.73. The molecule has 0 amide bonds. The van der Waals surface area contributed by atoms with Gasteiger partial charge in [-0.15, -0.1) is 0 Å². The molecule has 0 bridgehead atoms. The first-order chi connectivity index (χ1) is 15.6. The summed E-state index contributed by atoms with van der Waals surface area (Å²) < 4.78 is 0. The standard InChI is InChI=1S/2C15H14O/c2*1-12(16)15(13-8-4-2-5-9-13)14-10-6-3-7-11-14/h2*2-11,15H,1H3. The highest BCUT2D eigenvalue weighted by molar-refractivity contribution is 5.87. The molecule has 2 nitrogen and oxygen atoms in total. The highest BCUT2D eigenvalue weighted by Crippen LogP contribution is 2.26. The molecule has 0 aliphatic rings. The van der Waals surface area contributed by atoms with Crippen LogP contribution in [0.25, 0.3) is 0 Å². The Kier molecular flexibility index (Phi) is 8.28. The number of rotatable bonds is 6. The first kappa shape index (κ1) is 22.9. The predicted molar refractivity (Wildman–Crippen MR) is 131 cm³/mol. The lowest BCUT2D eigenvalue weighted by molar-refractivity contribution is -0.118. The Bertz CT molecular complexity index is 933. The van der Waals surface area contributed by atoms with Gasteiger partial charge in [0.1, 0.15) is 11.6 Å². The minimum absolute atomic E-state index is 0.137. The maximum atomic E-state index is 11.7. The number of carbonyl (C=O) groups is 2. The van der Waals surface area contributed by atoms with Gasteiger partial charge in [-0.2, -0.15) is 0 Å². The van der Waals surface area contributed by atoms with Gasteiger partial charge in [0.2, 0.25) is 0 Å². The molecule has 4 rings (SSSR count). The summed E-state index contributed by atoms with van der Waals surface area (Å²) >= 11 is 0. The molecule has 0 heterocycles. The molecule has 0 fully saturated rings. The summed E-state index contributed by atoms with van der Waals surface area (Å²) in [7, 11) is 0. The minimum atomic E-state index is -0.137. The van der Waals surface area contributed by atoms with Crippen LogP contribution in [0.3, 0.4) is 0 Å². The Labute approximate surface area is 190 Å². The smallest absolute Gasteiger partial charge is 0.141 e. The van der Waals surface area contributed by atoms with Crippen LogP contribution in [0.2, 0.25) is 0 Å². The number of benzene rings is 4. The van der Waals surface area contributed by atoms with Gasteiger partial charge in [-0.05, 0) is 36.1 Å². The van der Waals surface area contributed by atoms with Crippen molar-refractivity contribution in [2.45, 2.75) is 25.7 Å². The molecule has 0 unspecified atom stereocenters. The number of hydrogen-bond donors (Lipinski definition) is 0. The SMILES string of the molecule is CC(=O)C(c1ccccc1)c1ccccc1.CC(=O)C(c1ccccc1)c1ccccc1. The zero-order valence-corrected chi connectivity index (χ0v) is 18.5. The van der Waals surface area contributed by atoms with Crippen LogP contribution in [0.5, 0.6) is 0 Å². The predicted octanol–water partition coefficient (Wildman–Crippen LogP) is 6.82. The third-order valence-corrected chi connectivity index (χ3v) is 5.34. The summed E-state index contributed by atoms with van der Waals surface area (Å²) in [6, 6.07) is 39.6. The molecule has 0 atom stereocenters. The maximum absolute atomic E-state index is 11.7. The largest absolute Gasteiger partial charge is 0.299 e. The van der Waals surface area contributed by atoms with Crippen molar-refractivity contribution < 1.29 is 9.59 Å². The number of carbonyl (C=O) groups excluding carboxylic acids is 2. The van der Waals surface area contributed by atoms with E-state index in [0.717, 1.165) is 22.3 Å². The van der Waals surface area contributed by atoms with E-state index in [-0.39, 0.29) is 23.4 Å². The van der Waals surface area contributed by atoms with Crippen LogP contribution >= 0.6 is 0 Å². The lowest BCUT2D eigenvalue weighted by Crippen LogP contribution is -2.10. The molecule has 0 aliphatic carbocycles. The lowest BCUT2D eigenvalue weighted by atomic mass is 9.88. The van der Waals surface area contributed by atoms with E-state index in [0.29, 0.717) is 0 Å². The summed E-state index contributed by atoms with van der Waals surface area (Å²) in [4.78, 5) is 23.5. The second-order valence-electron chi connectivity index (χ2n) is 7.73. The van der Waals surface area contributed by atoms with Crippen molar-refractivity contribution in [3.8, 4) is 0 Å². The fourth-order valence-electron chi connectivity index (χ4n) is 3.91. The van der Waals surface area contributed by atoms with E-state index in [1.807, 2.05) is 121 Å². The van der Waals surface area contributed by atoms with Crippen molar-refractivity contribution in [2.24, 2.45) is 0 Å². The molecule has 32 heavy (non-hydrogen) atoms. The van der Waals surface area contributed by atoms with Crippen LogP contribution < -0.4 is 0 Å². The summed E-state index contributed by atoms with van der Waals surface area (Å²) in [6.07, 6.45) is 0. The Hall–Kier alpha value is -3.78. The first-order valence-electron chi connectivity index (χ1n) is 10.8. The third kappa shape index (κ3) is 6.12. The Morgan fingerprint density at radius 1 is 0.406 bits per heavy atom. The van der Waals surface area contributed by atoms with Gasteiger partial charge in [0, 0.05) is 0 Å². The molecule has 160 valence electrons. The monoisotopic (exact) mass is 420 g/mol. The molecule has 0 saturated carbocycles. The quantitative estimate of drug-likeness (QED) is 0.343. The van der Waals surface area contributed by atoms with Gasteiger partial charge < -0.3 is 0 Å². The van der Waals surface area contributed by atoms with Crippen LogP contribution in [-0.2, 0) is 9.59 Å². The van der Waals surface area contributed by atoms with E-state index in [2.05, 4.69) is 0 Å². The normalized spacial score (nSPS) is 10.4. The molecule has 4 aromatic carbocycles. The van der Waals surface area contributed by atoms with E-state index < -0.39 is 0 Å². The van der Waals surface area contributed by atoms with E-state index in [1.165, 1.54) is 0 Å². The third-order valence-electron chi connectivity index (χ3n) is 5.34. The average molecular weight is 421 g/mol. The van der Waals surface area contributed by atoms with Crippen molar-refractivity contribution in [2.75, 3.05) is 0 Å². The Morgan fingerprint density at radius 3 is 0.750 bits per heavy atom. The van der Waals surface area contributed by atoms with Gasteiger partial charge in [0.25, 0.3) is 0 Å². The lowest BCUT2D eigenvalue weighted by Gasteiger charge is -2.14. The van der Waals surface area contributed by atoms with E-state index in [4.69, 9.17) is 0 Å². The summed E-state index contributed by atoms with van der Waals surface area (Å²) in [5.74, 6) is 0.0830. The second kappa shape index (κ2) is 11.6. The topological polar surface area (TPSA) is 34.1 Å². The fourth-order valence-corrected chi connectivity index (χ4v) is 3.91. The Morgan fingerprint density at radius 2 is 0.594 bits per heavy atom. The molecule has 0 aliphatic heterocycles. The van der Waals surface area contributed by atoms with Crippen LogP contribution in [0, 0.1) is 0 Å². The fraction of sp³-hybridized carbons (Fsp3) is 0.133. The van der Waals surface area contributed by atoms with E-state index in [9.17, 15) is 9.59 Å². The number of ketones is 2. The molecule has 0 N–H and O–H groups in total. The van der Waals surface area contributed by atoms with Gasteiger partial charge in [0.05, 0.1) is 11.8 Å². The number of hydrogen-bond acceptors (Lipinski definition) is 2. The number of Topliss-reactive ketones (excluding diaryl/α,β-unsaturated/α-hetero) is 2. The van der Waals surface area contributed by atoms with Crippen molar-refractivity contribution in [3.05, 3.63) is 144 Å². The van der Waals surface area contributed by atoms with Gasteiger partial charge in [-0.25, -0.2) is 0 Å². The molecule has 4 aromatic rings. The highest BCUT2D eigenvalue weighted by atomic mass is 16.1. The first-order valence-corrected chi connectivity index (χ1v) is 10.8. The molecular formula is C30H28O2. The van der Waals surface area contributed by atoms with Gasteiger partial charge in [0.15, 0.2) is 0 Å². The molecule has 0 spiro atoms. The molecular weight excluding hydrogens is 392 g/mol. The zero-order valence-electron chi connectivity index (χ0n) is 18.5. The Balaban J connectivity index is 0.000000181. The average Bonchev–Trinajstić information content (AvgIpc) is 2.82. The molecule has 0 aromatic heterocycles. The van der Waals surface area contributed by atoms with Gasteiger partial charge in [-0.3, -0.25) is 9.59 Å². The zero-order chi connectivity index (χ0) is 22.8. The molecule has 0 radical (unpaired) electrons. The van der Waals surface area contributed by atoms with Gasteiger partial charge >= 0.3 is 0 Å². The summed E-state index contributed by atoms with van der Waals surface area (Å²) in [5, 5.41) is 0. The van der Waals surface area contributed by atoms with Crippen molar-refractivity contribution in [1.29, 1.82) is 0 Å². The maximum Gasteiger partial charge on any atom is 0.141 e. The van der Waals surface area contributed by atoms with Crippen LogP contribution in [0.1, 0.15) is 47.9 Å². The summed E-state index contributed by atoms with van der Waals surface area (Å²) in [6.45, 7) is 3.29. The van der Waals surface area contributed by atoms with Crippen molar-refractivity contribution in [1.82, 2.24) is 0 Å².